The van der Waals surface area contributed by atoms with Gasteiger partial charge in [0.15, 0.2) is 0 Å². The SMILES string of the molecule is CC1=C(C(N)=O)[C@H](c2ccc(OCc3c(F)cccc3Cl)cc2)n2ncnc2N1. The van der Waals surface area contributed by atoms with Crippen molar-refractivity contribution in [3.8, 4) is 5.75 Å². The predicted octanol–water partition coefficient (Wildman–Crippen LogP) is 3.42. The van der Waals surface area contributed by atoms with Crippen LogP contribution in [0.1, 0.15) is 24.1 Å². The minimum Gasteiger partial charge on any atom is -0.489 e. The van der Waals surface area contributed by atoms with Crippen LogP contribution in [0.5, 0.6) is 5.75 Å². The molecule has 2 aromatic carbocycles. The second-order valence-corrected chi connectivity index (χ2v) is 6.92. The molecule has 1 atom stereocenters. The Morgan fingerprint density at radius 2 is 2.07 bits per heavy atom. The first-order valence-electron chi connectivity index (χ1n) is 8.78. The van der Waals surface area contributed by atoms with Gasteiger partial charge in [0.1, 0.15) is 30.5 Å². The van der Waals surface area contributed by atoms with Crippen molar-refractivity contribution >= 4 is 23.5 Å². The fourth-order valence-electron chi connectivity index (χ4n) is 3.29. The van der Waals surface area contributed by atoms with Crippen LogP contribution in [0.3, 0.4) is 0 Å². The monoisotopic (exact) mass is 413 g/mol. The molecule has 9 heteroatoms. The molecule has 3 N–H and O–H groups in total. The number of allylic oxidation sites excluding steroid dienone is 1. The van der Waals surface area contributed by atoms with Crippen LogP contribution < -0.4 is 15.8 Å². The van der Waals surface area contributed by atoms with Gasteiger partial charge in [0.05, 0.1) is 10.6 Å². The van der Waals surface area contributed by atoms with Gasteiger partial charge in [-0.25, -0.2) is 9.07 Å². The first kappa shape index (κ1) is 18.9. The van der Waals surface area contributed by atoms with Crippen molar-refractivity contribution < 1.29 is 13.9 Å². The number of benzene rings is 2. The Labute approximate surface area is 171 Å². The molecule has 1 aromatic heterocycles. The Hall–Kier alpha value is -3.39. The minimum absolute atomic E-state index is 0.00300. The number of aromatic nitrogens is 3. The molecule has 3 aromatic rings. The van der Waals surface area contributed by atoms with Gasteiger partial charge in [-0.3, -0.25) is 4.79 Å². The molecule has 4 rings (SSSR count). The van der Waals surface area contributed by atoms with Crippen molar-refractivity contribution in [2.75, 3.05) is 5.32 Å². The van der Waals surface area contributed by atoms with Crippen molar-refractivity contribution in [2.24, 2.45) is 5.73 Å². The summed E-state index contributed by atoms with van der Waals surface area (Å²) in [5.41, 5.74) is 7.70. The number of carbonyl (C=O) groups excluding carboxylic acids is 1. The lowest BCUT2D eigenvalue weighted by atomic mass is 9.95. The Kier molecular flexibility index (Phi) is 4.94. The molecule has 148 valence electrons. The van der Waals surface area contributed by atoms with Gasteiger partial charge in [0, 0.05) is 11.3 Å². The van der Waals surface area contributed by atoms with E-state index in [0.717, 1.165) is 5.56 Å². The van der Waals surface area contributed by atoms with Crippen LogP contribution in [0.2, 0.25) is 5.02 Å². The number of hydrogen-bond donors (Lipinski definition) is 2. The molecule has 0 spiro atoms. The standard InChI is InChI=1S/C20H17ClFN5O2/c1-11-17(19(23)28)18(27-20(26-11)24-10-25-27)12-5-7-13(8-6-12)29-9-14-15(21)3-2-4-16(14)22/h2-8,10,18H,9H2,1H3,(H2,23,28)(H,24,25,26)/t18-/m0/s1. The third-order valence-electron chi connectivity index (χ3n) is 4.70. The van der Waals surface area contributed by atoms with Gasteiger partial charge < -0.3 is 15.8 Å². The van der Waals surface area contributed by atoms with Crippen molar-refractivity contribution in [1.29, 1.82) is 0 Å². The van der Waals surface area contributed by atoms with Crippen LogP contribution >= 0.6 is 11.6 Å². The number of nitrogens with one attached hydrogen (secondary N) is 1. The maximum atomic E-state index is 13.9. The number of fused-ring (bicyclic) bond motifs is 1. The van der Waals surface area contributed by atoms with Crippen molar-refractivity contribution in [1.82, 2.24) is 14.8 Å². The van der Waals surface area contributed by atoms with Crippen LogP contribution in [0.15, 0.2) is 60.1 Å². The number of primary amides is 1. The summed E-state index contributed by atoms with van der Waals surface area (Å²) in [4.78, 5) is 16.2. The maximum absolute atomic E-state index is 13.9. The van der Waals surface area contributed by atoms with E-state index in [0.29, 0.717) is 33.6 Å². The largest absolute Gasteiger partial charge is 0.489 e. The lowest BCUT2D eigenvalue weighted by molar-refractivity contribution is -0.115. The van der Waals surface area contributed by atoms with Gasteiger partial charge in [0.2, 0.25) is 11.9 Å². The molecule has 7 nitrogen and oxygen atoms in total. The molecule has 1 amide bonds. The zero-order valence-corrected chi connectivity index (χ0v) is 16.2. The molecule has 0 unspecified atom stereocenters. The van der Waals surface area contributed by atoms with E-state index in [1.54, 1.807) is 48.0 Å². The Bertz CT molecular complexity index is 1090. The van der Waals surface area contributed by atoms with E-state index in [1.807, 2.05) is 0 Å². The zero-order valence-electron chi connectivity index (χ0n) is 15.4. The fourth-order valence-corrected chi connectivity index (χ4v) is 3.51. The van der Waals surface area contributed by atoms with Gasteiger partial charge in [-0.15, -0.1) is 0 Å². The fraction of sp³-hybridized carbons (Fsp3) is 0.150. The molecule has 0 aliphatic carbocycles. The number of halogens is 2. The highest BCUT2D eigenvalue weighted by molar-refractivity contribution is 6.31. The van der Waals surface area contributed by atoms with Crippen LogP contribution in [-0.2, 0) is 11.4 Å². The van der Waals surface area contributed by atoms with E-state index in [-0.39, 0.29) is 6.61 Å². The third kappa shape index (κ3) is 3.54. The lowest BCUT2D eigenvalue weighted by Crippen LogP contribution is -2.31. The van der Waals surface area contributed by atoms with Crippen LogP contribution in [0.25, 0.3) is 0 Å². The number of rotatable bonds is 5. The topological polar surface area (TPSA) is 95.1 Å². The summed E-state index contributed by atoms with van der Waals surface area (Å²) in [7, 11) is 0. The van der Waals surface area contributed by atoms with Crippen LogP contribution in [0, 0.1) is 5.82 Å². The molecule has 0 saturated heterocycles. The van der Waals surface area contributed by atoms with Gasteiger partial charge >= 0.3 is 0 Å². The first-order chi connectivity index (χ1) is 14.0. The number of amides is 1. The van der Waals surface area contributed by atoms with Crippen molar-refractivity contribution in [3.05, 3.63) is 82.0 Å². The smallest absolute Gasteiger partial charge is 0.248 e. The molecule has 0 radical (unpaired) electrons. The third-order valence-corrected chi connectivity index (χ3v) is 5.05. The van der Waals surface area contributed by atoms with Gasteiger partial charge in [0.25, 0.3) is 0 Å². The first-order valence-corrected chi connectivity index (χ1v) is 9.16. The normalized spacial score (nSPS) is 15.6. The summed E-state index contributed by atoms with van der Waals surface area (Å²) in [6, 6.07) is 11.0. The summed E-state index contributed by atoms with van der Waals surface area (Å²) in [6.45, 7) is 1.76. The molecule has 1 aliphatic heterocycles. The van der Waals surface area contributed by atoms with Gasteiger partial charge in [-0.2, -0.15) is 10.1 Å². The highest BCUT2D eigenvalue weighted by Crippen LogP contribution is 2.35. The molecule has 2 heterocycles. The second-order valence-electron chi connectivity index (χ2n) is 6.52. The molecule has 29 heavy (non-hydrogen) atoms. The van der Waals surface area contributed by atoms with E-state index >= 15 is 0 Å². The number of anilines is 1. The summed E-state index contributed by atoms with van der Waals surface area (Å²) >= 11 is 6.03. The quantitative estimate of drug-likeness (QED) is 0.668. The van der Waals surface area contributed by atoms with Gasteiger partial charge in [-0.1, -0.05) is 29.8 Å². The number of hydrogen-bond acceptors (Lipinski definition) is 5. The predicted molar refractivity (Wildman–Crippen MR) is 106 cm³/mol. The molecular weight excluding hydrogens is 397 g/mol. The lowest BCUT2D eigenvalue weighted by Gasteiger charge is -2.27. The minimum atomic E-state index is -0.546. The summed E-state index contributed by atoms with van der Waals surface area (Å²) in [5.74, 6) is 0.0825. The summed E-state index contributed by atoms with van der Waals surface area (Å²) in [5, 5.41) is 7.55. The summed E-state index contributed by atoms with van der Waals surface area (Å²) in [6.07, 6.45) is 1.40. The zero-order chi connectivity index (χ0) is 20.5. The van der Waals surface area contributed by atoms with E-state index in [4.69, 9.17) is 22.1 Å². The molecule has 0 saturated carbocycles. The van der Waals surface area contributed by atoms with Crippen LogP contribution in [-0.4, -0.2) is 20.7 Å². The molecule has 0 bridgehead atoms. The number of carbonyl (C=O) groups is 1. The van der Waals surface area contributed by atoms with Crippen LogP contribution in [0.4, 0.5) is 10.3 Å². The Balaban J connectivity index is 1.60. The number of nitrogens with zero attached hydrogens (tertiary/aromatic N) is 3. The Morgan fingerprint density at radius 3 is 2.76 bits per heavy atom. The summed E-state index contributed by atoms with van der Waals surface area (Å²) < 4.78 is 21.2. The maximum Gasteiger partial charge on any atom is 0.248 e. The van der Waals surface area contributed by atoms with E-state index in [9.17, 15) is 9.18 Å². The molecule has 1 aliphatic rings. The van der Waals surface area contributed by atoms with E-state index in [1.165, 1.54) is 12.4 Å². The second kappa shape index (κ2) is 7.56. The van der Waals surface area contributed by atoms with E-state index < -0.39 is 17.8 Å². The van der Waals surface area contributed by atoms with Crippen molar-refractivity contribution in [2.45, 2.75) is 19.6 Å². The van der Waals surface area contributed by atoms with Gasteiger partial charge in [-0.05, 0) is 36.8 Å². The number of ether oxygens (including phenoxy) is 1. The molecular formula is C20H17ClFN5O2. The molecule has 0 fully saturated rings. The number of nitrogens with two attached hydrogens (primary N) is 1. The highest BCUT2D eigenvalue weighted by atomic mass is 35.5. The average molecular weight is 414 g/mol. The average Bonchev–Trinajstić information content (AvgIpc) is 3.15. The Morgan fingerprint density at radius 1 is 1.31 bits per heavy atom. The van der Waals surface area contributed by atoms with Crippen molar-refractivity contribution in [3.63, 3.8) is 0 Å². The highest BCUT2D eigenvalue weighted by Gasteiger charge is 2.32. The van der Waals surface area contributed by atoms with E-state index in [2.05, 4.69) is 15.4 Å².